The van der Waals surface area contributed by atoms with Crippen molar-refractivity contribution in [3.8, 4) is 5.75 Å². The van der Waals surface area contributed by atoms with Gasteiger partial charge in [0.05, 0.1) is 6.10 Å². The molecule has 2 nitrogen and oxygen atoms in total. The van der Waals surface area contributed by atoms with Gasteiger partial charge in [-0.3, -0.25) is 0 Å². The maximum atomic E-state index is 13.2. The van der Waals surface area contributed by atoms with Crippen LogP contribution in [-0.4, -0.2) is 5.11 Å². The Kier molecular flexibility index (Phi) is 3.14. The maximum absolute atomic E-state index is 13.2. The summed E-state index contributed by atoms with van der Waals surface area (Å²) in [6, 6.07) is 6.87. The first-order chi connectivity index (χ1) is 9.52. The average Bonchev–Trinajstić information content (AvgIpc) is 2.36. The number of rotatable bonds is 1. The highest BCUT2D eigenvalue weighted by molar-refractivity contribution is 5.39. The molecule has 0 aromatic heterocycles. The van der Waals surface area contributed by atoms with Crippen molar-refractivity contribution >= 4 is 0 Å². The van der Waals surface area contributed by atoms with Crippen LogP contribution in [-0.2, 0) is 0 Å². The zero-order chi connectivity index (χ0) is 14.3. The Morgan fingerprint density at radius 1 is 0.950 bits per heavy atom. The van der Waals surface area contributed by atoms with Crippen LogP contribution in [0.3, 0.4) is 0 Å². The molecule has 2 aromatic carbocycles. The van der Waals surface area contributed by atoms with Gasteiger partial charge in [-0.25, -0.2) is 13.2 Å². The minimum Gasteiger partial charge on any atom is -0.485 e. The SMILES string of the molecule is OC1CC(c2cc(F)cc(F)c2)Oc2cc(F)ccc21. The van der Waals surface area contributed by atoms with Crippen molar-refractivity contribution in [2.24, 2.45) is 0 Å². The first-order valence-corrected chi connectivity index (χ1v) is 6.13. The molecule has 104 valence electrons. The summed E-state index contributed by atoms with van der Waals surface area (Å²) >= 11 is 0. The Hall–Kier alpha value is -2.01. The molecule has 1 aliphatic heterocycles. The number of fused-ring (bicyclic) bond motifs is 1. The van der Waals surface area contributed by atoms with Gasteiger partial charge >= 0.3 is 0 Å². The number of halogens is 3. The number of ether oxygens (including phenoxy) is 1. The van der Waals surface area contributed by atoms with Crippen LogP contribution in [0.2, 0.25) is 0 Å². The molecule has 2 aromatic rings. The van der Waals surface area contributed by atoms with Gasteiger partial charge in [0.2, 0.25) is 0 Å². The number of aliphatic hydroxyl groups excluding tert-OH is 1. The molecule has 0 bridgehead atoms. The van der Waals surface area contributed by atoms with Crippen LogP contribution in [0.1, 0.15) is 29.8 Å². The molecular weight excluding hydrogens is 269 g/mol. The van der Waals surface area contributed by atoms with Crippen LogP contribution in [0.15, 0.2) is 36.4 Å². The van der Waals surface area contributed by atoms with E-state index in [9.17, 15) is 18.3 Å². The lowest BCUT2D eigenvalue weighted by Gasteiger charge is -2.30. The smallest absolute Gasteiger partial charge is 0.128 e. The van der Waals surface area contributed by atoms with Gasteiger partial charge in [0, 0.05) is 24.1 Å². The fourth-order valence-corrected chi connectivity index (χ4v) is 2.38. The molecule has 1 N–H and O–H groups in total. The lowest BCUT2D eigenvalue weighted by molar-refractivity contribution is 0.0650. The first-order valence-electron chi connectivity index (χ1n) is 6.13. The van der Waals surface area contributed by atoms with Gasteiger partial charge in [0.25, 0.3) is 0 Å². The van der Waals surface area contributed by atoms with Gasteiger partial charge in [-0.05, 0) is 29.8 Å². The number of hydrogen-bond acceptors (Lipinski definition) is 2. The molecule has 2 unspecified atom stereocenters. The predicted molar refractivity (Wildman–Crippen MR) is 65.7 cm³/mol. The van der Waals surface area contributed by atoms with Crippen molar-refractivity contribution < 1.29 is 23.0 Å². The minimum atomic E-state index is -0.865. The van der Waals surface area contributed by atoms with Gasteiger partial charge in [0.1, 0.15) is 29.3 Å². The highest BCUT2D eigenvalue weighted by atomic mass is 19.1. The van der Waals surface area contributed by atoms with Crippen molar-refractivity contribution in [1.82, 2.24) is 0 Å². The summed E-state index contributed by atoms with van der Waals surface area (Å²) in [6.45, 7) is 0. The van der Waals surface area contributed by atoms with Crippen LogP contribution < -0.4 is 4.74 Å². The Labute approximate surface area is 113 Å². The monoisotopic (exact) mass is 280 g/mol. The third-order valence-electron chi connectivity index (χ3n) is 3.30. The van der Waals surface area contributed by atoms with E-state index in [0.717, 1.165) is 24.3 Å². The van der Waals surface area contributed by atoms with Crippen molar-refractivity contribution in [3.05, 3.63) is 65.0 Å². The van der Waals surface area contributed by atoms with E-state index >= 15 is 0 Å². The number of hydrogen-bond donors (Lipinski definition) is 1. The third kappa shape index (κ3) is 2.36. The summed E-state index contributed by atoms with van der Waals surface area (Å²) in [7, 11) is 0. The summed E-state index contributed by atoms with van der Waals surface area (Å²) in [6.07, 6.45) is -1.43. The van der Waals surface area contributed by atoms with Crippen LogP contribution in [0.5, 0.6) is 5.75 Å². The lowest BCUT2D eigenvalue weighted by atomic mass is 9.95. The van der Waals surface area contributed by atoms with Gasteiger partial charge in [-0.15, -0.1) is 0 Å². The van der Waals surface area contributed by atoms with Gasteiger partial charge in [-0.2, -0.15) is 0 Å². The van der Waals surface area contributed by atoms with Crippen LogP contribution in [0.4, 0.5) is 13.2 Å². The van der Waals surface area contributed by atoms with Crippen LogP contribution in [0.25, 0.3) is 0 Å². The molecule has 0 aliphatic carbocycles. The molecule has 3 rings (SSSR count). The van der Waals surface area contributed by atoms with E-state index in [1.165, 1.54) is 12.1 Å². The van der Waals surface area contributed by atoms with E-state index < -0.39 is 29.7 Å². The Bertz CT molecular complexity index is 637. The fraction of sp³-hybridized carbons (Fsp3) is 0.200. The average molecular weight is 280 g/mol. The second-order valence-corrected chi connectivity index (χ2v) is 4.74. The second-order valence-electron chi connectivity index (χ2n) is 4.74. The Morgan fingerprint density at radius 3 is 2.35 bits per heavy atom. The number of aliphatic hydroxyl groups is 1. The van der Waals surface area contributed by atoms with Crippen molar-refractivity contribution in [2.75, 3.05) is 0 Å². The first kappa shape index (κ1) is 13.0. The van der Waals surface area contributed by atoms with Crippen LogP contribution >= 0.6 is 0 Å². The van der Waals surface area contributed by atoms with E-state index in [-0.39, 0.29) is 17.7 Å². The van der Waals surface area contributed by atoms with E-state index in [2.05, 4.69) is 0 Å². The van der Waals surface area contributed by atoms with Gasteiger partial charge in [-0.1, -0.05) is 0 Å². The minimum absolute atomic E-state index is 0.154. The standard InChI is InChI=1S/C15H11F3O2/c16-9-1-2-12-13(19)7-14(20-15(12)6-9)8-3-10(17)5-11(18)4-8/h1-6,13-14,19H,7H2. The molecule has 0 amide bonds. The number of benzene rings is 2. The lowest BCUT2D eigenvalue weighted by Crippen LogP contribution is -2.19. The molecule has 1 heterocycles. The normalized spacial score (nSPS) is 21.2. The molecule has 0 saturated carbocycles. The van der Waals surface area contributed by atoms with E-state index in [1.807, 2.05) is 0 Å². The van der Waals surface area contributed by atoms with Crippen LogP contribution in [0, 0.1) is 17.5 Å². The molecule has 5 heteroatoms. The summed E-state index contributed by atoms with van der Waals surface area (Å²) < 4.78 is 45.2. The zero-order valence-electron chi connectivity index (χ0n) is 10.3. The Morgan fingerprint density at radius 2 is 1.65 bits per heavy atom. The molecule has 2 atom stereocenters. The van der Waals surface area contributed by atoms with Crippen molar-refractivity contribution in [3.63, 3.8) is 0 Å². The Balaban J connectivity index is 1.98. The quantitative estimate of drug-likeness (QED) is 0.863. The summed E-state index contributed by atoms with van der Waals surface area (Å²) in [4.78, 5) is 0. The predicted octanol–water partition coefficient (Wildman–Crippen LogP) is 3.66. The maximum Gasteiger partial charge on any atom is 0.128 e. The largest absolute Gasteiger partial charge is 0.485 e. The van der Waals surface area contributed by atoms with Gasteiger partial charge < -0.3 is 9.84 Å². The topological polar surface area (TPSA) is 29.5 Å². The zero-order valence-corrected chi connectivity index (χ0v) is 10.3. The highest BCUT2D eigenvalue weighted by Gasteiger charge is 2.28. The molecule has 1 aliphatic rings. The summed E-state index contributed by atoms with van der Waals surface area (Å²) in [5.41, 5.74) is 0.746. The molecule has 0 radical (unpaired) electrons. The van der Waals surface area contributed by atoms with E-state index in [4.69, 9.17) is 4.74 Å². The molecular formula is C15H11F3O2. The summed E-state index contributed by atoms with van der Waals surface area (Å²) in [5.74, 6) is -1.74. The van der Waals surface area contributed by atoms with E-state index in [0.29, 0.717) is 5.56 Å². The third-order valence-corrected chi connectivity index (χ3v) is 3.30. The van der Waals surface area contributed by atoms with Crippen molar-refractivity contribution in [2.45, 2.75) is 18.6 Å². The van der Waals surface area contributed by atoms with Gasteiger partial charge in [0.15, 0.2) is 0 Å². The molecule has 0 spiro atoms. The molecule has 20 heavy (non-hydrogen) atoms. The molecule has 0 saturated heterocycles. The second kappa shape index (κ2) is 4.83. The molecule has 0 fully saturated rings. The van der Waals surface area contributed by atoms with Crippen molar-refractivity contribution in [1.29, 1.82) is 0 Å². The fourth-order valence-electron chi connectivity index (χ4n) is 2.38. The summed E-state index contributed by atoms with van der Waals surface area (Å²) in [5, 5.41) is 10.0. The van der Waals surface area contributed by atoms with E-state index in [1.54, 1.807) is 0 Å². The highest BCUT2D eigenvalue weighted by Crippen LogP contribution is 2.41.